The monoisotopic (exact) mass is 364 g/mol. The van der Waals surface area contributed by atoms with E-state index < -0.39 is 0 Å². The van der Waals surface area contributed by atoms with Crippen LogP contribution in [0.5, 0.6) is 0 Å². The molecule has 1 N–H and O–H groups in total. The fraction of sp³-hybridized carbons (Fsp3) is 0.500. The molecule has 0 aromatic carbocycles. The lowest BCUT2D eigenvalue weighted by atomic mass is 10.2. The van der Waals surface area contributed by atoms with Crippen molar-refractivity contribution in [3.63, 3.8) is 0 Å². The van der Waals surface area contributed by atoms with Gasteiger partial charge in [0.2, 0.25) is 0 Å². The highest BCUT2D eigenvalue weighted by Crippen LogP contribution is 2.20. The van der Waals surface area contributed by atoms with Crippen molar-refractivity contribution < 1.29 is 4.79 Å². The lowest BCUT2D eigenvalue weighted by molar-refractivity contribution is -0.125. The number of nitrogens with zero attached hydrogens (tertiary/aromatic N) is 1. The first-order valence-corrected chi connectivity index (χ1v) is 7.09. The van der Waals surface area contributed by atoms with Gasteiger partial charge in [0.25, 0.3) is 5.91 Å². The molecule has 1 unspecified atom stereocenters. The molecule has 1 amide bonds. The minimum absolute atomic E-state index is 0.0352. The number of allylic oxidation sites excluding steroid dienone is 4. The van der Waals surface area contributed by atoms with Gasteiger partial charge in [-0.25, -0.2) is 0 Å². The zero-order valence-electron chi connectivity index (χ0n) is 12.2. The lowest BCUT2D eigenvalue weighted by Crippen LogP contribution is -2.38. The molecule has 104 valence electrons. The number of halogens is 1. The van der Waals surface area contributed by atoms with Crippen LogP contribution >= 0.6 is 22.9 Å². The summed E-state index contributed by atoms with van der Waals surface area (Å²) in [5, 5.41) is 2.93. The van der Waals surface area contributed by atoms with Gasteiger partial charge in [-0.05, 0) is 33.4 Å². The van der Waals surface area contributed by atoms with Gasteiger partial charge in [0.1, 0.15) is 0 Å². The van der Waals surface area contributed by atoms with Crippen LogP contribution < -0.4 is 5.32 Å². The molecule has 0 rings (SSSR count). The van der Waals surface area contributed by atoms with Crippen LogP contribution in [-0.2, 0) is 4.79 Å². The second kappa shape index (κ2) is 11.5. The maximum Gasteiger partial charge on any atom is 0.252 e. The molecule has 0 radical (unpaired) electrons. The van der Waals surface area contributed by atoms with Crippen molar-refractivity contribution in [1.29, 1.82) is 0 Å². The van der Waals surface area contributed by atoms with Gasteiger partial charge in [-0.2, -0.15) is 0 Å². The molecule has 1 atom stereocenters. The summed E-state index contributed by atoms with van der Waals surface area (Å²) in [4.78, 5) is 11.9. The van der Waals surface area contributed by atoms with E-state index in [1.54, 1.807) is 16.2 Å². The molecule has 3 nitrogen and oxygen atoms in total. The highest BCUT2D eigenvalue weighted by atomic mass is 127. The molecule has 0 spiro atoms. The van der Waals surface area contributed by atoms with Crippen LogP contribution in [0.1, 0.15) is 34.6 Å². The van der Waals surface area contributed by atoms with E-state index in [1.807, 2.05) is 69.6 Å². The summed E-state index contributed by atoms with van der Waals surface area (Å²) < 4.78 is 1.63. The number of carbonyl (C=O) groups excluding carboxylic acids is 1. The Balaban J connectivity index is 0. The van der Waals surface area contributed by atoms with Gasteiger partial charge in [-0.15, -0.1) is 0 Å². The molecule has 0 aliphatic carbocycles. The number of amides is 1. The average molecular weight is 364 g/mol. The highest BCUT2D eigenvalue weighted by molar-refractivity contribution is 14.1. The van der Waals surface area contributed by atoms with Crippen molar-refractivity contribution in [2.24, 2.45) is 0 Å². The van der Waals surface area contributed by atoms with Gasteiger partial charge < -0.3 is 5.32 Å². The number of hydrogen-bond donors (Lipinski definition) is 1. The fourth-order valence-electron chi connectivity index (χ4n) is 1.17. The number of hydrogen-bond acceptors (Lipinski definition) is 2. The zero-order chi connectivity index (χ0) is 14.7. The second-order valence-corrected chi connectivity index (χ2v) is 4.35. The summed E-state index contributed by atoms with van der Waals surface area (Å²) in [6.07, 6.45) is 5.52. The third-order valence-corrected chi connectivity index (χ3v) is 3.25. The first-order valence-electron chi connectivity index (χ1n) is 6.12. The van der Waals surface area contributed by atoms with Crippen LogP contribution in [0.15, 0.2) is 36.1 Å². The molecule has 0 heterocycles. The van der Waals surface area contributed by atoms with Gasteiger partial charge in [-0.1, -0.05) is 38.7 Å². The normalized spacial score (nSPS) is 13.3. The predicted octanol–water partition coefficient (Wildman–Crippen LogP) is 3.84. The molecule has 0 aromatic heterocycles. The smallest absolute Gasteiger partial charge is 0.252 e. The first kappa shape index (κ1) is 19.7. The van der Waals surface area contributed by atoms with Gasteiger partial charge in [0.15, 0.2) is 0 Å². The summed E-state index contributed by atoms with van der Waals surface area (Å²) in [6, 6.07) is -0.191. The average Bonchev–Trinajstić information content (AvgIpc) is 2.40. The fourth-order valence-corrected chi connectivity index (χ4v) is 2.25. The van der Waals surface area contributed by atoms with Crippen molar-refractivity contribution in [2.75, 3.05) is 7.05 Å². The molecular weight excluding hydrogens is 339 g/mol. The summed E-state index contributed by atoms with van der Waals surface area (Å²) in [5.41, 5.74) is 1.91. The molecule has 0 aliphatic heterocycles. The van der Waals surface area contributed by atoms with E-state index in [2.05, 4.69) is 11.9 Å². The SMILES string of the molecule is C=C/C=C(C)\C(=C/C)N(I)C(=O)C(C)NC.CC. The number of carbonyl (C=O) groups is 1. The predicted molar refractivity (Wildman–Crippen MR) is 88.4 cm³/mol. The molecule has 0 fully saturated rings. The molecule has 0 aliphatic rings. The molecule has 0 saturated carbocycles. The Labute approximate surface area is 126 Å². The van der Waals surface area contributed by atoms with E-state index in [-0.39, 0.29) is 11.9 Å². The van der Waals surface area contributed by atoms with Gasteiger partial charge >= 0.3 is 0 Å². The lowest BCUT2D eigenvalue weighted by Gasteiger charge is -2.22. The standard InChI is InChI=1S/C12H19IN2O.C2H6/c1-6-8-9(3)11(7-2)15(13)12(16)10(4)14-5;1-2/h6-8,10,14H,1H2,2-5H3;1-2H3/b9-8-,11-7+;. The Bertz CT molecular complexity index is 322. The highest BCUT2D eigenvalue weighted by Gasteiger charge is 2.20. The Kier molecular flexibility index (Phi) is 12.6. The van der Waals surface area contributed by atoms with E-state index in [9.17, 15) is 4.79 Å². The van der Waals surface area contributed by atoms with Crippen molar-refractivity contribution in [1.82, 2.24) is 8.43 Å². The van der Waals surface area contributed by atoms with E-state index in [0.717, 1.165) is 11.3 Å². The molecule has 18 heavy (non-hydrogen) atoms. The summed E-state index contributed by atoms with van der Waals surface area (Å²) in [7, 11) is 1.77. The second-order valence-electron chi connectivity index (χ2n) is 3.39. The maximum absolute atomic E-state index is 11.9. The van der Waals surface area contributed by atoms with Crippen molar-refractivity contribution in [2.45, 2.75) is 40.7 Å². The Morgan fingerprint density at radius 3 is 2.28 bits per heavy atom. The van der Waals surface area contributed by atoms with Crippen LogP contribution in [-0.4, -0.2) is 22.1 Å². The van der Waals surface area contributed by atoms with E-state index >= 15 is 0 Å². The Morgan fingerprint density at radius 1 is 1.44 bits per heavy atom. The van der Waals surface area contributed by atoms with E-state index in [4.69, 9.17) is 0 Å². The van der Waals surface area contributed by atoms with Gasteiger partial charge in [0, 0.05) is 0 Å². The minimum atomic E-state index is -0.191. The van der Waals surface area contributed by atoms with Crippen molar-refractivity contribution >= 4 is 28.8 Å². The largest absolute Gasteiger partial charge is 0.309 e. The topological polar surface area (TPSA) is 32.3 Å². The van der Waals surface area contributed by atoms with Crippen molar-refractivity contribution in [3.05, 3.63) is 36.1 Å². The number of rotatable bonds is 5. The van der Waals surface area contributed by atoms with Crippen LogP contribution in [0.25, 0.3) is 0 Å². The molecule has 0 aromatic rings. The summed E-state index contributed by atoms with van der Waals surface area (Å²) >= 11 is 2.02. The van der Waals surface area contributed by atoms with Crippen LogP contribution in [0.2, 0.25) is 0 Å². The summed E-state index contributed by atoms with van der Waals surface area (Å²) in [6.45, 7) is 13.4. The van der Waals surface area contributed by atoms with Crippen LogP contribution in [0.4, 0.5) is 0 Å². The number of nitrogens with one attached hydrogen (secondary N) is 1. The molecular formula is C14H25IN2O. The Morgan fingerprint density at radius 2 is 1.94 bits per heavy atom. The molecule has 0 bridgehead atoms. The van der Waals surface area contributed by atoms with E-state index in [0.29, 0.717) is 0 Å². The van der Waals surface area contributed by atoms with E-state index in [1.165, 1.54) is 0 Å². The third-order valence-electron chi connectivity index (χ3n) is 2.25. The summed E-state index contributed by atoms with van der Waals surface area (Å²) in [5.74, 6) is 0.0352. The zero-order valence-corrected chi connectivity index (χ0v) is 14.4. The molecule has 4 heteroatoms. The van der Waals surface area contributed by atoms with Crippen LogP contribution in [0.3, 0.4) is 0 Å². The van der Waals surface area contributed by atoms with Gasteiger partial charge in [0.05, 0.1) is 34.6 Å². The third kappa shape index (κ3) is 6.35. The maximum atomic E-state index is 11.9. The minimum Gasteiger partial charge on any atom is -0.309 e. The van der Waals surface area contributed by atoms with Gasteiger partial charge in [-0.3, -0.25) is 7.91 Å². The number of likely N-dealkylation sites (N-methyl/N-ethyl adjacent to an activating group) is 1. The first-order chi connectivity index (χ1) is 8.49. The molecule has 0 saturated heterocycles. The van der Waals surface area contributed by atoms with Crippen LogP contribution in [0, 0.1) is 0 Å². The Hall–Kier alpha value is -0.620. The quantitative estimate of drug-likeness (QED) is 0.457. The van der Waals surface area contributed by atoms with Crippen molar-refractivity contribution in [3.8, 4) is 0 Å².